The second kappa shape index (κ2) is 22.3. The summed E-state index contributed by atoms with van der Waals surface area (Å²) in [6.07, 6.45) is 3.89. The maximum atomic E-state index is 12.5. The van der Waals surface area contributed by atoms with Crippen LogP contribution in [-0.2, 0) is 0 Å². The largest absolute Gasteiger partial charge is 0.506 e. The van der Waals surface area contributed by atoms with Crippen LogP contribution in [0.5, 0.6) is 11.5 Å². The lowest BCUT2D eigenvalue weighted by Crippen LogP contribution is -2.15. The van der Waals surface area contributed by atoms with E-state index in [0.717, 1.165) is 16.8 Å². The molecule has 5 N–H and O–H groups in total. The number of nitrogens with two attached hydrogens (primary N) is 1. The standard InChI is InChI=1S/C22H14Cl5N3O.C9H7NO.C7H3Cl3O.C6H6ClFN2/c1-10-15(24)9-17(26)22(29-10)30-20(14-7-12(23)8-16(25)18(14)27)13-5-4-11-3-2-6-28-19(11)21(13)31;11-8-5-1-3-7-4-2-6-10-9(7)8;8-5-1-4(3-11)7(10)6(9)2-5;1-3-4(7)2-5(8)6(9)10-3/h2-9,20,31H,1H3,(H,29,30);1-6,11H;1-3H;2H,1H3,(H2,9,10). The van der Waals surface area contributed by atoms with Crippen LogP contribution in [0.1, 0.15) is 38.9 Å². The van der Waals surface area contributed by atoms with E-state index >= 15 is 0 Å². The molecule has 0 aliphatic rings. The number of pyridine rings is 4. The van der Waals surface area contributed by atoms with Crippen molar-refractivity contribution in [2.45, 2.75) is 19.9 Å². The molecule has 0 aliphatic heterocycles. The Morgan fingerprint density at radius 1 is 0.635 bits per heavy atom. The molecule has 4 heterocycles. The lowest BCUT2D eigenvalue weighted by molar-refractivity contribution is 0.112. The Labute approximate surface area is 405 Å². The number of aromatic nitrogens is 4. The maximum Gasteiger partial charge on any atom is 0.166 e. The van der Waals surface area contributed by atoms with Gasteiger partial charge in [-0.15, -0.1) is 0 Å². The van der Waals surface area contributed by atoms with Crippen LogP contribution < -0.4 is 11.1 Å². The van der Waals surface area contributed by atoms with Gasteiger partial charge in [0.2, 0.25) is 0 Å². The number of anilines is 2. The molecule has 8 aromatic rings. The van der Waals surface area contributed by atoms with Gasteiger partial charge in [-0.1, -0.05) is 141 Å². The van der Waals surface area contributed by atoms with E-state index in [-0.39, 0.29) is 32.4 Å². The summed E-state index contributed by atoms with van der Waals surface area (Å²) in [6.45, 7) is 3.43. The smallest absolute Gasteiger partial charge is 0.166 e. The van der Waals surface area contributed by atoms with Crippen LogP contribution in [0.15, 0.2) is 103 Å². The number of benzene rings is 4. The first-order valence-electron chi connectivity index (χ1n) is 17.9. The molecule has 0 spiro atoms. The highest BCUT2D eigenvalue weighted by Gasteiger charge is 2.25. The van der Waals surface area contributed by atoms with Gasteiger partial charge in [-0.2, -0.15) is 0 Å². The predicted octanol–water partition coefficient (Wildman–Crippen LogP) is 15.3. The van der Waals surface area contributed by atoms with Crippen LogP contribution in [0.4, 0.5) is 16.0 Å². The first kappa shape index (κ1) is 49.4. The maximum absolute atomic E-state index is 12.5. The number of rotatable bonds is 5. The van der Waals surface area contributed by atoms with Gasteiger partial charge in [0.05, 0.1) is 52.6 Å². The van der Waals surface area contributed by atoms with E-state index in [1.807, 2.05) is 30.3 Å². The molecular weight excluding hydrogens is 999 g/mol. The number of carbonyl (C=O) groups is 1. The number of hydrogen-bond donors (Lipinski definition) is 4. The molecule has 0 radical (unpaired) electrons. The fraction of sp³-hybridized carbons (Fsp3) is 0.0682. The number of phenolic OH excluding ortho intramolecular Hbond substituents is 2. The third-order valence-electron chi connectivity index (χ3n) is 8.70. The Hall–Kier alpha value is -4.59. The molecular formula is C44H30Cl9FN6O3. The molecule has 4 aromatic carbocycles. The minimum absolute atomic E-state index is 0.00966. The molecule has 1 unspecified atom stereocenters. The van der Waals surface area contributed by atoms with E-state index in [9.17, 15) is 19.4 Å². The molecule has 0 fully saturated rings. The number of carbonyl (C=O) groups excluding carboxylic acids is 1. The number of aldehydes is 1. The van der Waals surface area contributed by atoms with Crippen LogP contribution in [0.25, 0.3) is 21.8 Å². The number of phenols is 2. The monoisotopic (exact) mass is 1020 g/mol. The Balaban J connectivity index is 0.000000189. The van der Waals surface area contributed by atoms with Crippen molar-refractivity contribution in [3.8, 4) is 11.5 Å². The van der Waals surface area contributed by atoms with Gasteiger partial charge in [0.15, 0.2) is 17.9 Å². The quantitative estimate of drug-likeness (QED) is 0.0977. The average molecular weight is 1030 g/mol. The van der Waals surface area contributed by atoms with Gasteiger partial charge in [-0.05, 0) is 68.4 Å². The molecule has 0 aliphatic carbocycles. The number of aromatic hydroxyl groups is 2. The van der Waals surface area contributed by atoms with Gasteiger partial charge < -0.3 is 21.3 Å². The summed E-state index contributed by atoms with van der Waals surface area (Å²) in [7, 11) is 0. The van der Waals surface area contributed by atoms with E-state index in [4.69, 9.17) is 110 Å². The van der Waals surface area contributed by atoms with Gasteiger partial charge in [0, 0.05) is 49.9 Å². The minimum atomic E-state index is -0.694. The van der Waals surface area contributed by atoms with Crippen LogP contribution in [0.2, 0.25) is 45.2 Å². The Morgan fingerprint density at radius 3 is 1.84 bits per heavy atom. The lowest BCUT2D eigenvalue weighted by Gasteiger charge is -2.24. The summed E-state index contributed by atoms with van der Waals surface area (Å²) in [5.41, 5.74) is 8.73. The van der Waals surface area contributed by atoms with E-state index in [1.165, 1.54) is 12.1 Å². The molecule has 324 valence electrons. The second-order valence-corrected chi connectivity index (χ2v) is 16.7. The number of nitrogens with one attached hydrogen (secondary N) is 1. The zero-order valence-corrected chi connectivity index (χ0v) is 39.2. The number of para-hydroxylation sites is 1. The van der Waals surface area contributed by atoms with E-state index in [0.29, 0.717) is 81.4 Å². The third-order valence-corrected chi connectivity index (χ3v) is 11.8. The predicted molar refractivity (Wildman–Crippen MR) is 258 cm³/mol. The van der Waals surface area contributed by atoms with Crippen LogP contribution >= 0.6 is 104 Å². The highest BCUT2D eigenvalue weighted by molar-refractivity contribution is 6.45. The van der Waals surface area contributed by atoms with E-state index in [2.05, 4.69) is 25.3 Å². The van der Waals surface area contributed by atoms with Crippen LogP contribution in [-0.4, -0.2) is 36.4 Å². The molecule has 63 heavy (non-hydrogen) atoms. The number of nitrogen functional groups attached to an aromatic ring is 1. The molecule has 9 nitrogen and oxygen atoms in total. The molecule has 1 atom stereocenters. The van der Waals surface area contributed by atoms with Crippen molar-refractivity contribution in [1.82, 2.24) is 19.9 Å². The average Bonchev–Trinajstić information content (AvgIpc) is 3.25. The van der Waals surface area contributed by atoms with E-state index < -0.39 is 11.9 Å². The Morgan fingerprint density at radius 2 is 1.21 bits per heavy atom. The molecule has 8 rings (SSSR count). The van der Waals surface area contributed by atoms with Crippen molar-refractivity contribution in [3.63, 3.8) is 0 Å². The zero-order chi connectivity index (χ0) is 46.1. The van der Waals surface area contributed by atoms with E-state index in [1.54, 1.807) is 68.7 Å². The number of hydrogen-bond acceptors (Lipinski definition) is 9. The lowest BCUT2D eigenvalue weighted by atomic mass is 9.96. The van der Waals surface area contributed by atoms with Crippen molar-refractivity contribution in [2.24, 2.45) is 0 Å². The van der Waals surface area contributed by atoms with Gasteiger partial charge in [0.25, 0.3) is 0 Å². The highest BCUT2D eigenvalue weighted by atomic mass is 35.5. The summed E-state index contributed by atoms with van der Waals surface area (Å²) in [5, 5.41) is 28.3. The van der Waals surface area contributed by atoms with Gasteiger partial charge in [-0.3, -0.25) is 14.8 Å². The van der Waals surface area contributed by atoms with Crippen molar-refractivity contribution >= 4 is 144 Å². The number of halogens is 10. The first-order valence-corrected chi connectivity index (χ1v) is 21.3. The van der Waals surface area contributed by atoms with Crippen molar-refractivity contribution < 1.29 is 19.4 Å². The van der Waals surface area contributed by atoms with Crippen molar-refractivity contribution in [3.05, 3.63) is 182 Å². The zero-order valence-electron chi connectivity index (χ0n) is 32.4. The number of nitrogens with zero attached hydrogens (tertiary/aromatic N) is 4. The molecule has 19 heteroatoms. The summed E-state index contributed by atoms with van der Waals surface area (Å²) < 4.78 is 12.5. The van der Waals surface area contributed by atoms with Crippen molar-refractivity contribution in [2.75, 3.05) is 11.1 Å². The SMILES string of the molecule is Cc1nc(N)c(F)cc1Cl.Cc1nc(NC(c2cc(Cl)cc(Cl)c2Cl)c2ccc3cccnc3c2O)c(Cl)cc1Cl.O=Cc1cc(Cl)cc(Cl)c1Cl.Oc1cccc2cccnc12. The first-order chi connectivity index (χ1) is 29.9. The number of fused-ring (bicyclic) bond motifs is 2. The topological polar surface area (TPSA) is 147 Å². The molecule has 4 aromatic heterocycles. The molecule has 0 bridgehead atoms. The second-order valence-electron chi connectivity index (χ2n) is 13.0. The number of aryl methyl sites for hydroxylation is 2. The third kappa shape index (κ3) is 12.6. The summed E-state index contributed by atoms with van der Waals surface area (Å²) in [4.78, 5) is 26.8. The fourth-order valence-corrected chi connectivity index (χ4v) is 7.55. The molecule has 0 saturated carbocycles. The van der Waals surface area contributed by atoms with Gasteiger partial charge >= 0.3 is 0 Å². The normalized spacial score (nSPS) is 11.0. The Bertz CT molecular complexity index is 2910. The van der Waals surface area contributed by atoms with Gasteiger partial charge in [-0.25, -0.2) is 14.4 Å². The van der Waals surface area contributed by atoms with Crippen LogP contribution in [0.3, 0.4) is 0 Å². The molecule has 0 saturated heterocycles. The fourth-order valence-electron chi connectivity index (χ4n) is 5.61. The summed E-state index contributed by atoms with van der Waals surface area (Å²) in [6, 6.07) is 24.6. The molecule has 0 amide bonds. The highest BCUT2D eigenvalue weighted by Crippen LogP contribution is 2.43. The van der Waals surface area contributed by atoms with Crippen molar-refractivity contribution in [1.29, 1.82) is 0 Å². The van der Waals surface area contributed by atoms with Crippen LogP contribution in [0, 0.1) is 19.7 Å². The van der Waals surface area contributed by atoms with Gasteiger partial charge in [0.1, 0.15) is 28.4 Å². The Kier molecular flexibility index (Phi) is 17.5. The minimum Gasteiger partial charge on any atom is -0.506 e. The summed E-state index contributed by atoms with van der Waals surface area (Å²) >= 11 is 54.0. The summed E-state index contributed by atoms with van der Waals surface area (Å²) in [5.74, 6) is -0.0913.